The number of aromatic nitrogens is 1. The average Bonchev–Trinajstić information content (AvgIpc) is 2.59. The van der Waals surface area contributed by atoms with Crippen molar-refractivity contribution < 1.29 is 0 Å². The Labute approximate surface area is 142 Å². The molecule has 116 valence electrons. The smallest absolute Gasteiger partial charge is 0.0757 e. The Morgan fingerprint density at radius 3 is 2.33 bits per heavy atom. The molecule has 0 aliphatic heterocycles. The summed E-state index contributed by atoms with van der Waals surface area (Å²) < 4.78 is 0. The fourth-order valence-electron chi connectivity index (χ4n) is 4.23. The zero-order valence-electron chi connectivity index (χ0n) is 14.2. The largest absolute Gasteiger partial charge is 0.247 e. The van der Waals surface area contributed by atoms with Crippen LogP contribution >= 0.6 is 0 Å². The van der Waals surface area contributed by atoms with Gasteiger partial charge in [0.05, 0.1) is 11.2 Å². The van der Waals surface area contributed by atoms with E-state index in [4.69, 9.17) is 4.98 Å². The predicted molar refractivity (Wildman–Crippen MR) is 102 cm³/mol. The molecule has 0 N–H and O–H groups in total. The molecule has 1 nitrogen and oxygen atoms in total. The van der Waals surface area contributed by atoms with Gasteiger partial charge in [0.2, 0.25) is 0 Å². The topological polar surface area (TPSA) is 12.9 Å². The Morgan fingerprint density at radius 2 is 1.50 bits per heavy atom. The summed E-state index contributed by atoms with van der Waals surface area (Å²) in [6.45, 7) is 6.78. The SMILES string of the molecule is Cc1cccc2cc3c(nc12)-c1cccc2cccc(c12)C3(C)C. The summed E-state index contributed by atoms with van der Waals surface area (Å²) in [6, 6.07) is 22.0. The molecule has 0 spiro atoms. The van der Waals surface area contributed by atoms with E-state index in [9.17, 15) is 0 Å². The van der Waals surface area contributed by atoms with E-state index >= 15 is 0 Å². The number of rotatable bonds is 0. The number of nitrogens with zero attached hydrogens (tertiary/aromatic N) is 1. The summed E-state index contributed by atoms with van der Waals surface area (Å²) in [5.74, 6) is 0. The lowest BCUT2D eigenvalue weighted by atomic mass is 9.70. The third kappa shape index (κ3) is 1.62. The highest BCUT2D eigenvalue weighted by atomic mass is 14.7. The van der Waals surface area contributed by atoms with Gasteiger partial charge in [0.15, 0.2) is 0 Å². The summed E-state index contributed by atoms with van der Waals surface area (Å²) in [5, 5.41) is 3.89. The normalized spacial score (nSPS) is 14.8. The lowest BCUT2D eigenvalue weighted by Gasteiger charge is -2.34. The molecule has 0 amide bonds. The quantitative estimate of drug-likeness (QED) is 0.388. The second-order valence-electron chi connectivity index (χ2n) is 7.37. The molecule has 1 aromatic heterocycles. The highest BCUT2D eigenvalue weighted by Crippen LogP contribution is 2.48. The number of hydrogen-bond acceptors (Lipinski definition) is 1. The van der Waals surface area contributed by atoms with E-state index in [2.05, 4.69) is 81.4 Å². The maximum Gasteiger partial charge on any atom is 0.0757 e. The van der Waals surface area contributed by atoms with Crippen molar-refractivity contribution in [2.75, 3.05) is 0 Å². The van der Waals surface area contributed by atoms with Crippen LogP contribution in [0, 0.1) is 6.92 Å². The zero-order chi connectivity index (χ0) is 16.5. The van der Waals surface area contributed by atoms with Gasteiger partial charge in [-0.25, -0.2) is 4.98 Å². The van der Waals surface area contributed by atoms with Gasteiger partial charge in [-0.05, 0) is 40.5 Å². The van der Waals surface area contributed by atoms with Crippen LogP contribution in [-0.4, -0.2) is 4.98 Å². The summed E-state index contributed by atoms with van der Waals surface area (Å²) in [5.41, 5.74) is 7.44. The molecule has 0 unspecified atom stereocenters. The number of benzene rings is 3. The molecule has 4 aromatic rings. The molecule has 24 heavy (non-hydrogen) atoms. The van der Waals surface area contributed by atoms with Gasteiger partial charge in [-0.2, -0.15) is 0 Å². The minimum absolute atomic E-state index is 0.0475. The Kier molecular flexibility index (Phi) is 2.55. The fraction of sp³-hybridized carbons (Fsp3) is 0.174. The summed E-state index contributed by atoms with van der Waals surface area (Å²) in [4.78, 5) is 5.13. The van der Waals surface area contributed by atoms with Gasteiger partial charge >= 0.3 is 0 Å². The van der Waals surface area contributed by atoms with Crippen LogP contribution in [0.25, 0.3) is 32.9 Å². The minimum atomic E-state index is -0.0475. The molecule has 1 aliphatic rings. The lowest BCUT2D eigenvalue weighted by Crippen LogP contribution is -2.24. The maximum absolute atomic E-state index is 5.13. The molecule has 0 fully saturated rings. The van der Waals surface area contributed by atoms with E-state index in [-0.39, 0.29) is 5.41 Å². The molecule has 0 atom stereocenters. The third-order valence-electron chi connectivity index (χ3n) is 5.55. The van der Waals surface area contributed by atoms with E-state index < -0.39 is 0 Å². The van der Waals surface area contributed by atoms with Crippen molar-refractivity contribution >= 4 is 21.7 Å². The van der Waals surface area contributed by atoms with Crippen molar-refractivity contribution in [3.05, 3.63) is 77.4 Å². The molecule has 3 aromatic carbocycles. The van der Waals surface area contributed by atoms with Gasteiger partial charge in [-0.1, -0.05) is 68.4 Å². The monoisotopic (exact) mass is 309 g/mol. The Morgan fingerprint density at radius 1 is 0.792 bits per heavy atom. The van der Waals surface area contributed by atoms with Crippen LogP contribution in [0.5, 0.6) is 0 Å². The van der Waals surface area contributed by atoms with Crippen LogP contribution < -0.4 is 0 Å². The first kappa shape index (κ1) is 13.7. The second-order valence-corrected chi connectivity index (χ2v) is 7.37. The van der Waals surface area contributed by atoms with Crippen molar-refractivity contribution in [1.82, 2.24) is 4.98 Å². The highest BCUT2D eigenvalue weighted by molar-refractivity contribution is 6.03. The van der Waals surface area contributed by atoms with Gasteiger partial charge < -0.3 is 0 Å². The van der Waals surface area contributed by atoms with Crippen LogP contribution in [0.3, 0.4) is 0 Å². The van der Waals surface area contributed by atoms with Crippen molar-refractivity contribution in [2.24, 2.45) is 0 Å². The van der Waals surface area contributed by atoms with Crippen molar-refractivity contribution in [3.63, 3.8) is 0 Å². The van der Waals surface area contributed by atoms with Gasteiger partial charge in [-0.15, -0.1) is 0 Å². The Bertz CT molecular complexity index is 1130. The molecule has 1 heteroatoms. The number of aryl methyl sites for hydroxylation is 1. The van der Waals surface area contributed by atoms with Crippen LogP contribution in [0.2, 0.25) is 0 Å². The van der Waals surface area contributed by atoms with Gasteiger partial charge in [-0.3, -0.25) is 0 Å². The van der Waals surface area contributed by atoms with Gasteiger partial charge in [0, 0.05) is 16.4 Å². The molecule has 1 heterocycles. The van der Waals surface area contributed by atoms with Crippen molar-refractivity contribution in [1.29, 1.82) is 0 Å². The maximum atomic E-state index is 5.13. The molecule has 5 rings (SSSR count). The molecular formula is C23H19N. The fourth-order valence-corrected chi connectivity index (χ4v) is 4.23. The highest BCUT2D eigenvalue weighted by Gasteiger charge is 2.34. The third-order valence-corrected chi connectivity index (χ3v) is 5.55. The average molecular weight is 309 g/mol. The van der Waals surface area contributed by atoms with Crippen LogP contribution in [0.4, 0.5) is 0 Å². The number of pyridine rings is 1. The standard InChI is InChI=1S/C23H19N/c1-14-7-4-10-16-13-19-22(24-21(14)16)17-11-5-8-15-9-6-12-18(20(15)17)23(19,2)3/h4-13H,1-3H3. The molecule has 0 saturated heterocycles. The van der Waals surface area contributed by atoms with E-state index in [1.807, 2.05) is 0 Å². The van der Waals surface area contributed by atoms with Crippen molar-refractivity contribution in [3.8, 4) is 11.3 Å². The van der Waals surface area contributed by atoms with E-state index in [0.717, 1.165) is 11.2 Å². The number of para-hydroxylation sites is 1. The van der Waals surface area contributed by atoms with E-state index in [1.165, 1.54) is 38.4 Å². The van der Waals surface area contributed by atoms with Crippen LogP contribution in [0.1, 0.15) is 30.5 Å². The zero-order valence-corrected chi connectivity index (χ0v) is 14.2. The second kappa shape index (κ2) is 4.45. The lowest BCUT2D eigenvalue weighted by molar-refractivity contribution is 0.643. The van der Waals surface area contributed by atoms with Crippen molar-refractivity contribution in [2.45, 2.75) is 26.2 Å². The van der Waals surface area contributed by atoms with E-state index in [0.29, 0.717) is 0 Å². The molecule has 0 radical (unpaired) electrons. The number of fused-ring (bicyclic) bond motifs is 3. The first-order chi connectivity index (χ1) is 11.6. The van der Waals surface area contributed by atoms with Crippen LogP contribution in [-0.2, 0) is 5.41 Å². The Hall–Kier alpha value is -2.67. The van der Waals surface area contributed by atoms with Gasteiger partial charge in [0.25, 0.3) is 0 Å². The first-order valence-electron chi connectivity index (χ1n) is 8.51. The molecular weight excluding hydrogens is 290 g/mol. The summed E-state index contributed by atoms with van der Waals surface area (Å²) in [6.07, 6.45) is 0. The molecule has 1 aliphatic carbocycles. The van der Waals surface area contributed by atoms with E-state index in [1.54, 1.807) is 0 Å². The van der Waals surface area contributed by atoms with Gasteiger partial charge in [0.1, 0.15) is 0 Å². The molecule has 0 saturated carbocycles. The molecule has 0 bridgehead atoms. The summed E-state index contributed by atoms with van der Waals surface area (Å²) in [7, 11) is 0. The van der Waals surface area contributed by atoms with Crippen LogP contribution in [0.15, 0.2) is 60.7 Å². The number of hydrogen-bond donors (Lipinski definition) is 0. The summed E-state index contributed by atoms with van der Waals surface area (Å²) >= 11 is 0. The minimum Gasteiger partial charge on any atom is -0.247 e. The Balaban J connectivity index is 2.02. The predicted octanol–water partition coefficient (Wildman–Crippen LogP) is 6.00. The first-order valence-corrected chi connectivity index (χ1v) is 8.51.